The average molecular weight is 546 g/mol. The number of aryl methyl sites for hydroxylation is 1. The van der Waals surface area contributed by atoms with Crippen molar-refractivity contribution in [3.8, 4) is 5.75 Å². The second kappa shape index (κ2) is 11.3. The number of rotatable bonds is 7. The van der Waals surface area contributed by atoms with Crippen LogP contribution in [0.2, 0.25) is 0 Å². The predicted octanol–water partition coefficient (Wildman–Crippen LogP) is 5.59. The summed E-state index contributed by atoms with van der Waals surface area (Å²) in [6, 6.07) is 21.8. The van der Waals surface area contributed by atoms with Gasteiger partial charge in [-0.1, -0.05) is 45.8 Å². The summed E-state index contributed by atoms with van der Waals surface area (Å²) in [5, 5.41) is 6.78. The van der Waals surface area contributed by atoms with E-state index in [0.717, 1.165) is 10.0 Å². The van der Waals surface area contributed by atoms with Gasteiger partial charge in [0.05, 0.1) is 23.7 Å². The third-order valence-electron chi connectivity index (χ3n) is 4.97. The molecule has 0 aliphatic rings. The minimum atomic E-state index is -0.667. The Morgan fingerprint density at radius 1 is 0.944 bits per heavy atom. The van der Waals surface area contributed by atoms with Crippen LogP contribution in [-0.2, 0) is 0 Å². The van der Waals surface area contributed by atoms with Crippen molar-refractivity contribution in [1.82, 2.24) is 5.43 Å². The van der Waals surface area contributed by atoms with E-state index in [-0.39, 0.29) is 23.0 Å². The molecule has 0 atom stereocenters. The van der Waals surface area contributed by atoms with Crippen molar-refractivity contribution >= 4 is 45.6 Å². The molecule has 180 valence electrons. The molecule has 0 aliphatic heterocycles. The van der Waals surface area contributed by atoms with Crippen molar-refractivity contribution in [3.05, 3.63) is 118 Å². The Kier molecular flexibility index (Phi) is 7.72. The number of furan rings is 1. The number of para-hydroxylation sites is 1. The number of hydrogen-bond acceptors (Lipinski definition) is 6. The Labute approximate surface area is 215 Å². The average Bonchev–Trinajstić information content (AvgIpc) is 3.41. The molecule has 2 N–H and O–H groups in total. The van der Waals surface area contributed by atoms with Gasteiger partial charge in [-0.25, -0.2) is 10.2 Å². The van der Waals surface area contributed by atoms with Crippen molar-refractivity contribution in [1.29, 1.82) is 0 Å². The standard InChI is InChI=1S/C27H20BrN3O5/c1-17-6-4-7-18(14-17)25(32)30-22-9-3-2-8-21(22)26(33)31-29-16-19-15-20(28)11-12-23(19)36-27(34)24-10-5-13-35-24/h2-16H,1H3,(H,30,32)(H,31,33)/b29-16-. The second-order valence-electron chi connectivity index (χ2n) is 7.62. The number of nitrogens with zero attached hydrogens (tertiary/aromatic N) is 1. The predicted molar refractivity (Wildman–Crippen MR) is 138 cm³/mol. The number of carbonyl (C=O) groups excluding carboxylic acids is 3. The molecule has 0 fully saturated rings. The van der Waals surface area contributed by atoms with Gasteiger partial charge in [0, 0.05) is 15.6 Å². The Hall–Kier alpha value is -4.50. The largest absolute Gasteiger partial charge is 0.457 e. The molecule has 0 spiro atoms. The Bertz CT molecular complexity index is 1450. The summed E-state index contributed by atoms with van der Waals surface area (Å²) in [7, 11) is 0. The van der Waals surface area contributed by atoms with Gasteiger partial charge in [0.15, 0.2) is 0 Å². The Morgan fingerprint density at radius 3 is 2.56 bits per heavy atom. The molecule has 0 saturated carbocycles. The van der Waals surface area contributed by atoms with Crippen LogP contribution in [0.15, 0.2) is 99.1 Å². The summed E-state index contributed by atoms with van der Waals surface area (Å²) in [6.45, 7) is 1.89. The monoisotopic (exact) mass is 545 g/mol. The van der Waals surface area contributed by atoms with Crippen LogP contribution in [0.25, 0.3) is 0 Å². The van der Waals surface area contributed by atoms with E-state index in [4.69, 9.17) is 9.15 Å². The number of esters is 1. The molecule has 36 heavy (non-hydrogen) atoms. The topological polar surface area (TPSA) is 110 Å². The molecule has 4 rings (SSSR count). The molecular weight excluding hydrogens is 526 g/mol. The van der Waals surface area contributed by atoms with Crippen LogP contribution in [0.4, 0.5) is 5.69 Å². The van der Waals surface area contributed by atoms with E-state index in [2.05, 4.69) is 31.8 Å². The van der Waals surface area contributed by atoms with Crippen LogP contribution in [-0.4, -0.2) is 24.0 Å². The summed E-state index contributed by atoms with van der Waals surface area (Å²) in [5.41, 5.74) is 4.88. The van der Waals surface area contributed by atoms with Crippen LogP contribution in [0.5, 0.6) is 5.75 Å². The summed E-state index contributed by atoms with van der Waals surface area (Å²) in [5.74, 6) is -1.25. The summed E-state index contributed by atoms with van der Waals surface area (Å²) >= 11 is 3.37. The highest BCUT2D eigenvalue weighted by Crippen LogP contribution is 2.23. The fourth-order valence-corrected chi connectivity index (χ4v) is 3.63. The number of nitrogens with one attached hydrogen (secondary N) is 2. The first-order valence-electron chi connectivity index (χ1n) is 10.8. The Balaban J connectivity index is 1.47. The van der Waals surface area contributed by atoms with Gasteiger partial charge in [0.25, 0.3) is 11.8 Å². The molecule has 0 saturated heterocycles. The van der Waals surface area contributed by atoms with Crippen LogP contribution >= 0.6 is 15.9 Å². The summed E-state index contributed by atoms with van der Waals surface area (Å²) in [4.78, 5) is 37.7. The Morgan fingerprint density at radius 2 is 1.78 bits per heavy atom. The molecule has 9 heteroatoms. The van der Waals surface area contributed by atoms with Gasteiger partial charge >= 0.3 is 5.97 Å². The zero-order chi connectivity index (χ0) is 25.5. The van der Waals surface area contributed by atoms with E-state index >= 15 is 0 Å². The zero-order valence-corrected chi connectivity index (χ0v) is 20.6. The summed E-state index contributed by atoms with van der Waals surface area (Å²) < 4.78 is 11.2. The minimum Gasteiger partial charge on any atom is -0.457 e. The molecule has 3 aromatic carbocycles. The molecule has 8 nitrogen and oxygen atoms in total. The van der Waals surface area contributed by atoms with Crippen LogP contribution in [0, 0.1) is 6.92 Å². The van der Waals surface area contributed by atoms with Gasteiger partial charge in [0.1, 0.15) is 5.75 Å². The lowest BCUT2D eigenvalue weighted by Crippen LogP contribution is -2.21. The normalized spacial score (nSPS) is 10.7. The van der Waals surface area contributed by atoms with Gasteiger partial charge in [-0.3, -0.25) is 9.59 Å². The first-order valence-corrected chi connectivity index (χ1v) is 11.6. The first-order chi connectivity index (χ1) is 17.4. The van der Waals surface area contributed by atoms with E-state index in [9.17, 15) is 14.4 Å². The van der Waals surface area contributed by atoms with Gasteiger partial charge < -0.3 is 14.5 Å². The maximum absolute atomic E-state index is 12.8. The van der Waals surface area contributed by atoms with Gasteiger partial charge in [0.2, 0.25) is 5.76 Å². The van der Waals surface area contributed by atoms with Gasteiger partial charge in [-0.05, 0) is 61.5 Å². The molecule has 0 bridgehead atoms. The fourth-order valence-electron chi connectivity index (χ4n) is 3.25. The molecule has 0 radical (unpaired) electrons. The molecule has 2 amide bonds. The lowest BCUT2D eigenvalue weighted by molar-refractivity contribution is 0.0700. The smallest absolute Gasteiger partial charge is 0.379 e. The van der Waals surface area contributed by atoms with E-state index in [1.165, 1.54) is 18.5 Å². The maximum Gasteiger partial charge on any atom is 0.379 e. The maximum atomic E-state index is 12.8. The van der Waals surface area contributed by atoms with Crippen molar-refractivity contribution in [2.45, 2.75) is 6.92 Å². The SMILES string of the molecule is Cc1cccc(C(=O)Nc2ccccc2C(=O)N/N=C\c2cc(Br)ccc2OC(=O)c2ccco2)c1. The highest BCUT2D eigenvalue weighted by Gasteiger charge is 2.15. The van der Waals surface area contributed by atoms with Crippen molar-refractivity contribution < 1.29 is 23.5 Å². The fraction of sp³-hybridized carbons (Fsp3) is 0.0370. The van der Waals surface area contributed by atoms with Gasteiger partial charge in [-0.2, -0.15) is 5.10 Å². The number of anilines is 1. The molecular formula is C27H20BrN3O5. The molecule has 4 aromatic rings. The zero-order valence-electron chi connectivity index (χ0n) is 19.0. The van der Waals surface area contributed by atoms with Crippen molar-refractivity contribution in [3.63, 3.8) is 0 Å². The van der Waals surface area contributed by atoms with Gasteiger partial charge in [-0.15, -0.1) is 0 Å². The van der Waals surface area contributed by atoms with E-state index in [0.29, 0.717) is 16.8 Å². The lowest BCUT2D eigenvalue weighted by Gasteiger charge is -2.10. The number of hydrogen-bond donors (Lipinski definition) is 2. The highest BCUT2D eigenvalue weighted by molar-refractivity contribution is 9.10. The van der Waals surface area contributed by atoms with Crippen molar-refractivity contribution in [2.24, 2.45) is 5.10 Å². The number of carbonyl (C=O) groups is 3. The summed E-state index contributed by atoms with van der Waals surface area (Å²) in [6.07, 6.45) is 2.72. The minimum absolute atomic E-state index is 0.0541. The van der Waals surface area contributed by atoms with Crippen LogP contribution < -0.4 is 15.5 Å². The third-order valence-corrected chi connectivity index (χ3v) is 5.46. The number of benzene rings is 3. The number of halogens is 1. The number of ether oxygens (including phenoxy) is 1. The number of amides is 2. The molecule has 1 heterocycles. The lowest BCUT2D eigenvalue weighted by atomic mass is 10.1. The second-order valence-corrected chi connectivity index (χ2v) is 8.53. The first kappa shape index (κ1) is 24.6. The van der Waals surface area contributed by atoms with Crippen LogP contribution in [0.3, 0.4) is 0 Å². The third kappa shape index (κ3) is 6.13. The van der Waals surface area contributed by atoms with E-state index in [1.807, 2.05) is 13.0 Å². The highest BCUT2D eigenvalue weighted by atomic mass is 79.9. The quantitative estimate of drug-likeness (QED) is 0.136. The molecule has 0 aliphatic carbocycles. The van der Waals surface area contributed by atoms with Crippen LogP contribution in [0.1, 0.15) is 42.4 Å². The molecule has 0 unspecified atom stereocenters. The molecule has 1 aromatic heterocycles. The number of hydrazone groups is 1. The van der Waals surface area contributed by atoms with Crippen molar-refractivity contribution in [2.75, 3.05) is 5.32 Å². The van der Waals surface area contributed by atoms with E-state index in [1.54, 1.807) is 66.7 Å². The van der Waals surface area contributed by atoms with E-state index < -0.39 is 11.9 Å².